The number of carbonyl (C=O) groups excluding carboxylic acids is 1. The Labute approximate surface area is 173 Å². The molecule has 0 saturated heterocycles. The fraction of sp³-hybridized carbons (Fsp3) is 0.0435. The van der Waals surface area contributed by atoms with Gasteiger partial charge in [0.05, 0.1) is 0 Å². The molecule has 0 radical (unpaired) electrons. The van der Waals surface area contributed by atoms with Gasteiger partial charge in [0.2, 0.25) is 5.78 Å². The molecule has 138 valence electrons. The minimum atomic E-state index is -0.317. The summed E-state index contributed by atoms with van der Waals surface area (Å²) in [7, 11) is 0. The average molecular weight is 408 g/mol. The van der Waals surface area contributed by atoms with Gasteiger partial charge < -0.3 is 4.74 Å². The Morgan fingerprint density at radius 3 is 2.50 bits per heavy atom. The highest BCUT2D eigenvalue weighted by Crippen LogP contribution is 2.23. The first-order chi connectivity index (χ1) is 13.6. The second-order valence-electron chi connectivity index (χ2n) is 5.96. The molecular formula is C23H15Cl2NO2. The van der Waals surface area contributed by atoms with Crippen molar-refractivity contribution in [3.63, 3.8) is 0 Å². The second-order valence-corrected chi connectivity index (χ2v) is 6.81. The van der Waals surface area contributed by atoms with E-state index in [2.05, 4.69) is 0 Å². The Morgan fingerprint density at radius 2 is 1.79 bits per heavy atom. The largest absolute Gasteiger partial charge is 0.489 e. The summed E-state index contributed by atoms with van der Waals surface area (Å²) >= 11 is 12.1. The van der Waals surface area contributed by atoms with Crippen LogP contribution in [-0.2, 0) is 6.61 Å². The summed E-state index contributed by atoms with van der Waals surface area (Å²) in [6.07, 6.45) is 1.55. The fourth-order valence-corrected chi connectivity index (χ4v) is 3.02. The van der Waals surface area contributed by atoms with E-state index in [1.807, 2.05) is 12.1 Å². The van der Waals surface area contributed by atoms with Crippen LogP contribution in [0.15, 0.2) is 78.4 Å². The van der Waals surface area contributed by atoms with Gasteiger partial charge in [-0.3, -0.25) is 4.79 Å². The van der Waals surface area contributed by atoms with Gasteiger partial charge in [-0.25, -0.2) is 0 Å². The number of Topliss-reactive ketones (excluding diaryl/α,β-unsaturated/α-hetero) is 1. The summed E-state index contributed by atoms with van der Waals surface area (Å²) in [6, 6.07) is 23.1. The maximum absolute atomic E-state index is 12.5. The first-order valence-electron chi connectivity index (χ1n) is 8.45. The number of carbonyl (C=O) groups is 1. The third-order valence-electron chi connectivity index (χ3n) is 3.98. The Kier molecular flexibility index (Phi) is 6.49. The van der Waals surface area contributed by atoms with Crippen molar-refractivity contribution in [3.8, 4) is 11.8 Å². The Morgan fingerprint density at radius 1 is 1.00 bits per heavy atom. The Balaban J connectivity index is 1.77. The van der Waals surface area contributed by atoms with Crippen molar-refractivity contribution < 1.29 is 9.53 Å². The van der Waals surface area contributed by atoms with E-state index in [1.54, 1.807) is 72.8 Å². The molecule has 0 unspecified atom stereocenters. The summed E-state index contributed by atoms with van der Waals surface area (Å²) < 4.78 is 5.79. The van der Waals surface area contributed by atoms with Gasteiger partial charge in [0.25, 0.3) is 0 Å². The summed E-state index contributed by atoms with van der Waals surface area (Å²) in [4.78, 5) is 12.5. The number of benzene rings is 3. The van der Waals surface area contributed by atoms with Crippen molar-refractivity contribution >= 4 is 35.1 Å². The SMILES string of the molecule is N#C/C(=C\c1cccc(OCc2ccc(Cl)cc2Cl)c1)C(=O)c1ccccc1. The molecule has 0 amide bonds. The van der Waals surface area contributed by atoms with Crippen molar-refractivity contribution in [2.45, 2.75) is 6.61 Å². The number of nitriles is 1. The summed E-state index contributed by atoms with van der Waals surface area (Å²) in [5.41, 5.74) is 2.04. The van der Waals surface area contributed by atoms with Crippen LogP contribution in [0.3, 0.4) is 0 Å². The normalized spacial score (nSPS) is 11.0. The molecule has 3 aromatic rings. The van der Waals surface area contributed by atoms with Gasteiger partial charge >= 0.3 is 0 Å². The molecule has 0 aliphatic heterocycles. The third-order valence-corrected chi connectivity index (χ3v) is 4.57. The topological polar surface area (TPSA) is 50.1 Å². The van der Waals surface area contributed by atoms with Gasteiger partial charge in [-0.05, 0) is 35.9 Å². The lowest BCUT2D eigenvalue weighted by Gasteiger charge is -2.09. The van der Waals surface area contributed by atoms with Crippen LogP contribution in [0.1, 0.15) is 21.5 Å². The minimum absolute atomic E-state index is 0.0593. The third kappa shape index (κ3) is 5.01. The van der Waals surface area contributed by atoms with E-state index in [-0.39, 0.29) is 18.0 Å². The van der Waals surface area contributed by atoms with Crippen molar-refractivity contribution in [1.82, 2.24) is 0 Å². The van der Waals surface area contributed by atoms with Gasteiger partial charge in [0.1, 0.15) is 24.0 Å². The highest BCUT2D eigenvalue weighted by molar-refractivity contribution is 6.35. The van der Waals surface area contributed by atoms with Crippen molar-refractivity contribution in [1.29, 1.82) is 5.26 Å². The van der Waals surface area contributed by atoms with E-state index in [4.69, 9.17) is 27.9 Å². The molecule has 0 N–H and O–H groups in total. The molecule has 0 aliphatic carbocycles. The molecule has 0 aliphatic rings. The molecule has 0 atom stereocenters. The van der Waals surface area contributed by atoms with Crippen LogP contribution in [0, 0.1) is 11.3 Å². The van der Waals surface area contributed by atoms with Crippen LogP contribution < -0.4 is 4.74 Å². The zero-order valence-corrected chi connectivity index (χ0v) is 16.2. The minimum Gasteiger partial charge on any atom is -0.489 e. The van der Waals surface area contributed by atoms with Crippen LogP contribution in [0.4, 0.5) is 0 Å². The first kappa shape index (κ1) is 19.7. The van der Waals surface area contributed by atoms with Gasteiger partial charge in [-0.1, -0.05) is 71.7 Å². The molecular weight excluding hydrogens is 393 g/mol. The monoisotopic (exact) mass is 407 g/mol. The van der Waals surface area contributed by atoms with Crippen LogP contribution >= 0.6 is 23.2 Å². The van der Waals surface area contributed by atoms with Gasteiger partial charge in [-0.15, -0.1) is 0 Å². The quantitative estimate of drug-likeness (QED) is 0.271. The molecule has 28 heavy (non-hydrogen) atoms. The average Bonchev–Trinajstić information content (AvgIpc) is 2.72. The maximum Gasteiger partial charge on any atom is 0.203 e. The molecule has 0 heterocycles. The predicted molar refractivity (Wildman–Crippen MR) is 112 cm³/mol. The van der Waals surface area contributed by atoms with E-state index < -0.39 is 0 Å². The van der Waals surface area contributed by atoms with E-state index >= 15 is 0 Å². The standard InChI is InChI=1S/C23H15Cl2NO2/c24-20-10-9-18(22(25)13-20)15-28-21-8-4-5-16(12-21)11-19(14-26)23(27)17-6-2-1-3-7-17/h1-13H,15H2/b19-11+. The van der Waals surface area contributed by atoms with Crippen LogP contribution in [0.5, 0.6) is 5.75 Å². The fourth-order valence-electron chi connectivity index (χ4n) is 2.55. The molecule has 3 aromatic carbocycles. The van der Waals surface area contributed by atoms with E-state index in [9.17, 15) is 10.1 Å². The summed E-state index contributed by atoms with van der Waals surface area (Å²) in [5, 5.41) is 10.5. The van der Waals surface area contributed by atoms with Crippen LogP contribution in [0.2, 0.25) is 10.0 Å². The van der Waals surface area contributed by atoms with Crippen molar-refractivity contribution in [2.75, 3.05) is 0 Å². The number of halogens is 2. The first-order valence-corrected chi connectivity index (χ1v) is 9.21. The highest BCUT2D eigenvalue weighted by Gasteiger charge is 2.11. The summed E-state index contributed by atoms with van der Waals surface area (Å²) in [5.74, 6) is 0.284. The van der Waals surface area contributed by atoms with E-state index in [0.717, 1.165) is 5.56 Å². The number of nitrogens with zero attached hydrogens (tertiary/aromatic N) is 1. The van der Waals surface area contributed by atoms with Gasteiger partial charge in [-0.2, -0.15) is 5.26 Å². The lowest BCUT2D eigenvalue weighted by molar-refractivity contribution is 0.104. The number of ketones is 1. The zero-order valence-electron chi connectivity index (χ0n) is 14.7. The lowest BCUT2D eigenvalue weighted by atomic mass is 10.0. The number of hydrogen-bond acceptors (Lipinski definition) is 3. The molecule has 0 spiro atoms. The van der Waals surface area contributed by atoms with Gasteiger partial charge in [0.15, 0.2) is 0 Å². The lowest BCUT2D eigenvalue weighted by Crippen LogP contribution is -2.01. The number of rotatable bonds is 6. The smallest absolute Gasteiger partial charge is 0.203 e. The second kappa shape index (κ2) is 9.23. The van der Waals surface area contributed by atoms with Crippen molar-refractivity contribution in [2.24, 2.45) is 0 Å². The highest BCUT2D eigenvalue weighted by atomic mass is 35.5. The number of ether oxygens (including phenoxy) is 1. The van der Waals surface area contributed by atoms with E-state index in [1.165, 1.54) is 0 Å². The zero-order chi connectivity index (χ0) is 19.9. The molecule has 5 heteroatoms. The molecule has 0 aromatic heterocycles. The Bertz CT molecular complexity index is 1070. The van der Waals surface area contributed by atoms with Gasteiger partial charge in [0, 0.05) is 21.2 Å². The molecule has 0 saturated carbocycles. The Hall–Kier alpha value is -3.06. The van der Waals surface area contributed by atoms with Crippen molar-refractivity contribution in [3.05, 3.63) is 105 Å². The van der Waals surface area contributed by atoms with E-state index in [0.29, 0.717) is 26.9 Å². The van der Waals surface area contributed by atoms with Crippen LogP contribution in [-0.4, -0.2) is 5.78 Å². The summed E-state index contributed by atoms with van der Waals surface area (Å²) in [6.45, 7) is 0.275. The van der Waals surface area contributed by atoms with Crippen LogP contribution in [0.25, 0.3) is 6.08 Å². The predicted octanol–water partition coefficient (Wildman–Crippen LogP) is 6.36. The number of allylic oxidation sites excluding steroid dienone is 1. The molecule has 0 fully saturated rings. The number of hydrogen-bond donors (Lipinski definition) is 0. The maximum atomic E-state index is 12.5. The molecule has 0 bridgehead atoms. The molecule has 3 rings (SSSR count). The molecule has 3 nitrogen and oxygen atoms in total.